The van der Waals surface area contributed by atoms with Gasteiger partial charge in [0.05, 0.1) is 11.6 Å². The van der Waals surface area contributed by atoms with Gasteiger partial charge in [0, 0.05) is 24.3 Å². The van der Waals surface area contributed by atoms with E-state index in [4.69, 9.17) is 0 Å². The number of nitrogens with zero attached hydrogens (tertiary/aromatic N) is 3. The van der Waals surface area contributed by atoms with E-state index in [9.17, 15) is 9.90 Å². The highest BCUT2D eigenvalue weighted by Gasteiger charge is 2.31. The first kappa shape index (κ1) is 15.6. The van der Waals surface area contributed by atoms with Crippen LogP contribution in [0.3, 0.4) is 0 Å². The Labute approximate surface area is 143 Å². The molecule has 2 atom stereocenters. The second-order valence-corrected chi connectivity index (χ2v) is 6.08. The van der Waals surface area contributed by atoms with E-state index in [2.05, 4.69) is 26.1 Å². The smallest absolute Gasteiger partial charge is 0.282 e. The molecular weight excluding hydrogens is 320 g/mol. The molecule has 0 bridgehead atoms. The third-order valence-corrected chi connectivity index (χ3v) is 4.45. The Balaban J connectivity index is 1.49. The van der Waals surface area contributed by atoms with Crippen molar-refractivity contribution in [1.29, 1.82) is 0 Å². The summed E-state index contributed by atoms with van der Waals surface area (Å²) in [6.07, 6.45) is 2.54. The number of aromatic hydroxyl groups is 1. The maximum Gasteiger partial charge on any atom is 0.282 e. The second kappa shape index (κ2) is 6.15. The van der Waals surface area contributed by atoms with Crippen molar-refractivity contribution >= 4 is 22.5 Å². The number of benzene rings is 1. The van der Waals surface area contributed by atoms with Gasteiger partial charge in [0.1, 0.15) is 6.04 Å². The van der Waals surface area contributed by atoms with Crippen LogP contribution in [-0.4, -0.2) is 26.6 Å². The Morgan fingerprint density at radius 3 is 2.88 bits per heavy atom. The Morgan fingerprint density at radius 2 is 2.08 bits per heavy atom. The minimum absolute atomic E-state index is 0.0330. The van der Waals surface area contributed by atoms with Crippen LogP contribution < -0.4 is 10.9 Å². The van der Waals surface area contributed by atoms with Gasteiger partial charge in [0.15, 0.2) is 5.69 Å². The van der Waals surface area contributed by atoms with Gasteiger partial charge in [-0.05, 0) is 24.6 Å². The number of rotatable bonds is 3. The van der Waals surface area contributed by atoms with Crippen molar-refractivity contribution in [2.24, 2.45) is 17.3 Å². The average molecular weight is 338 g/mol. The fourth-order valence-electron chi connectivity index (χ4n) is 3.13. The lowest BCUT2D eigenvalue weighted by molar-refractivity contribution is -0.120. The molecule has 8 heteroatoms. The van der Waals surface area contributed by atoms with Crippen LogP contribution >= 0.6 is 0 Å². The molecule has 1 aliphatic heterocycles. The van der Waals surface area contributed by atoms with Crippen LogP contribution in [0.15, 0.2) is 52.8 Å². The zero-order chi connectivity index (χ0) is 17.4. The number of nitrogens with one attached hydrogen (secondary N) is 3. The summed E-state index contributed by atoms with van der Waals surface area (Å²) in [4.78, 5) is 15.1. The van der Waals surface area contributed by atoms with Crippen molar-refractivity contribution in [3.05, 3.63) is 48.3 Å². The summed E-state index contributed by atoms with van der Waals surface area (Å²) in [5, 5.41) is 18.4. The topological polar surface area (TPSA) is 107 Å². The van der Waals surface area contributed by atoms with E-state index >= 15 is 0 Å². The first-order valence-electron chi connectivity index (χ1n) is 8.01. The van der Waals surface area contributed by atoms with Crippen LogP contribution in [0.5, 0.6) is 5.88 Å². The van der Waals surface area contributed by atoms with E-state index in [1.165, 1.54) is 0 Å². The molecule has 25 heavy (non-hydrogen) atoms. The lowest BCUT2D eigenvalue weighted by Gasteiger charge is -2.10. The van der Waals surface area contributed by atoms with Crippen LogP contribution in [-0.2, 0) is 11.8 Å². The van der Waals surface area contributed by atoms with Crippen molar-refractivity contribution in [2.75, 3.05) is 0 Å². The van der Waals surface area contributed by atoms with Crippen molar-refractivity contribution in [2.45, 2.75) is 18.5 Å². The number of para-hydroxylation sites is 1. The van der Waals surface area contributed by atoms with E-state index in [0.29, 0.717) is 6.42 Å². The van der Waals surface area contributed by atoms with Crippen molar-refractivity contribution < 1.29 is 9.90 Å². The van der Waals surface area contributed by atoms with E-state index < -0.39 is 6.04 Å². The third-order valence-electron chi connectivity index (χ3n) is 4.45. The Bertz CT molecular complexity index is 957. The second-order valence-electron chi connectivity index (χ2n) is 6.08. The maximum absolute atomic E-state index is 12.3. The minimum atomic E-state index is -0.462. The van der Waals surface area contributed by atoms with Crippen molar-refractivity contribution in [3.8, 4) is 5.88 Å². The number of azo groups is 1. The largest absolute Gasteiger partial charge is 0.493 e. The molecule has 4 N–H and O–H groups in total. The number of carbonyl (C=O) groups is 1. The van der Waals surface area contributed by atoms with Gasteiger partial charge in [-0.2, -0.15) is 0 Å². The molecule has 3 heterocycles. The molecule has 2 unspecified atom stereocenters. The molecule has 1 aromatic carbocycles. The highest BCUT2D eigenvalue weighted by molar-refractivity contribution is 5.94. The molecule has 0 saturated carbocycles. The van der Waals surface area contributed by atoms with Crippen LogP contribution in [0.1, 0.15) is 18.2 Å². The van der Waals surface area contributed by atoms with E-state index in [-0.39, 0.29) is 23.5 Å². The van der Waals surface area contributed by atoms with Crippen LogP contribution in [0.25, 0.3) is 10.9 Å². The number of amides is 1. The number of aryl methyl sites for hydroxylation is 1. The van der Waals surface area contributed by atoms with E-state index in [1.54, 1.807) is 0 Å². The van der Waals surface area contributed by atoms with Crippen molar-refractivity contribution in [1.82, 2.24) is 20.4 Å². The third kappa shape index (κ3) is 2.81. The highest BCUT2D eigenvalue weighted by Crippen LogP contribution is 2.35. The highest BCUT2D eigenvalue weighted by atomic mass is 16.3. The fraction of sp³-hybridized carbons (Fsp3) is 0.235. The predicted octanol–water partition coefficient (Wildman–Crippen LogP) is 2.43. The summed E-state index contributed by atoms with van der Waals surface area (Å²) in [5.74, 6) is -0.481. The summed E-state index contributed by atoms with van der Waals surface area (Å²) in [7, 11) is 1.96. The number of carbonyl (C=O) groups excluding carboxylic acids is 1. The van der Waals surface area contributed by atoms with Gasteiger partial charge >= 0.3 is 0 Å². The number of hydrazine groups is 1. The molecule has 1 fully saturated rings. The number of aromatic nitrogens is 2. The molecule has 1 amide bonds. The van der Waals surface area contributed by atoms with Crippen LogP contribution in [0.4, 0.5) is 5.69 Å². The lowest BCUT2D eigenvalue weighted by atomic mass is 10.1. The summed E-state index contributed by atoms with van der Waals surface area (Å²) < 4.78 is 2.01. The molecule has 0 spiro atoms. The fourth-order valence-corrected chi connectivity index (χ4v) is 3.13. The first-order chi connectivity index (χ1) is 12.1. The monoisotopic (exact) mass is 338 g/mol. The maximum atomic E-state index is 12.3. The molecule has 0 aliphatic carbocycles. The molecule has 4 rings (SSSR count). The zero-order valence-electron chi connectivity index (χ0n) is 13.6. The molecule has 1 aliphatic rings. The Kier molecular flexibility index (Phi) is 3.83. The lowest BCUT2D eigenvalue weighted by Crippen LogP contribution is -2.35. The quantitative estimate of drug-likeness (QED) is 0.550. The normalized spacial score (nSPS) is 20.7. The minimum Gasteiger partial charge on any atom is -0.493 e. The summed E-state index contributed by atoms with van der Waals surface area (Å²) in [5.41, 5.74) is 8.19. The molecule has 2 aromatic heterocycles. The standard InChI is InChI=1S/C17H18N6O2/c1-23-8-4-7-14(23)12-9-13(20-19-12)16(24)22-21-15-10-5-2-3-6-11(10)18-17(15)25/h2-8,12-13,18-20,25H,9H2,1H3. The van der Waals surface area contributed by atoms with Gasteiger partial charge in [0.25, 0.3) is 5.91 Å². The van der Waals surface area contributed by atoms with Gasteiger partial charge in [-0.1, -0.05) is 18.2 Å². The number of hydrogen-bond acceptors (Lipinski definition) is 5. The molecular formula is C17H18N6O2. The summed E-state index contributed by atoms with van der Waals surface area (Å²) in [6, 6.07) is 10.9. The summed E-state index contributed by atoms with van der Waals surface area (Å²) in [6.45, 7) is 0. The molecule has 128 valence electrons. The van der Waals surface area contributed by atoms with Gasteiger partial charge in [-0.3, -0.25) is 4.79 Å². The molecule has 8 nitrogen and oxygen atoms in total. The summed E-state index contributed by atoms with van der Waals surface area (Å²) >= 11 is 0. The van der Waals surface area contributed by atoms with Crippen LogP contribution in [0, 0.1) is 0 Å². The predicted molar refractivity (Wildman–Crippen MR) is 92.3 cm³/mol. The van der Waals surface area contributed by atoms with Gasteiger partial charge in [-0.25, -0.2) is 10.9 Å². The van der Waals surface area contributed by atoms with Gasteiger partial charge < -0.3 is 14.7 Å². The van der Waals surface area contributed by atoms with E-state index in [1.807, 2.05) is 54.2 Å². The number of H-pyrrole nitrogens is 1. The van der Waals surface area contributed by atoms with Gasteiger partial charge in [0.2, 0.25) is 5.88 Å². The number of hydrogen-bond donors (Lipinski definition) is 4. The SMILES string of the molecule is Cn1cccc1C1CC(C(=O)N=Nc2c(O)[nH]c3ccccc23)NN1. The molecule has 0 radical (unpaired) electrons. The number of aromatic amines is 1. The van der Waals surface area contributed by atoms with E-state index in [0.717, 1.165) is 16.6 Å². The van der Waals surface area contributed by atoms with Crippen molar-refractivity contribution in [3.63, 3.8) is 0 Å². The van der Waals surface area contributed by atoms with Gasteiger partial charge in [-0.15, -0.1) is 10.2 Å². The molecule has 3 aromatic rings. The van der Waals surface area contributed by atoms with Crippen LogP contribution in [0.2, 0.25) is 0 Å². The average Bonchev–Trinajstić information content (AvgIpc) is 3.30. The molecule has 1 saturated heterocycles. The Morgan fingerprint density at radius 1 is 1.24 bits per heavy atom. The number of fused-ring (bicyclic) bond motifs is 1. The first-order valence-corrected chi connectivity index (χ1v) is 8.01. The Hall–Kier alpha value is -2.97. The zero-order valence-corrected chi connectivity index (χ0v) is 13.6.